The zero-order valence-corrected chi connectivity index (χ0v) is 10.4. The lowest BCUT2D eigenvalue weighted by atomic mass is 10.1. The van der Waals surface area contributed by atoms with Gasteiger partial charge in [-0.1, -0.05) is 0 Å². The van der Waals surface area contributed by atoms with Gasteiger partial charge < -0.3 is 10.1 Å². The van der Waals surface area contributed by atoms with Gasteiger partial charge in [0.25, 0.3) is 0 Å². The van der Waals surface area contributed by atoms with Gasteiger partial charge in [-0.15, -0.1) is 0 Å². The first-order valence-corrected chi connectivity index (χ1v) is 6.10. The van der Waals surface area contributed by atoms with Crippen molar-refractivity contribution in [2.75, 3.05) is 11.9 Å². The van der Waals surface area contributed by atoms with Crippen molar-refractivity contribution in [1.29, 1.82) is 0 Å². The van der Waals surface area contributed by atoms with Crippen molar-refractivity contribution in [3.63, 3.8) is 0 Å². The number of amides is 1. The van der Waals surface area contributed by atoms with E-state index < -0.39 is 0 Å². The summed E-state index contributed by atoms with van der Waals surface area (Å²) < 4.78 is 5.49. The van der Waals surface area contributed by atoms with Crippen LogP contribution >= 0.6 is 0 Å². The summed E-state index contributed by atoms with van der Waals surface area (Å²) in [6.07, 6.45) is 3.78. The van der Waals surface area contributed by atoms with E-state index in [1.54, 1.807) is 0 Å². The zero-order chi connectivity index (χ0) is 12.3. The van der Waals surface area contributed by atoms with Crippen molar-refractivity contribution in [1.82, 2.24) is 10.2 Å². The second-order valence-corrected chi connectivity index (χ2v) is 4.53. The lowest BCUT2D eigenvalue weighted by Crippen LogP contribution is -2.15. The van der Waals surface area contributed by atoms with Gasteiger partial charge >= 0.3 is 0 Å². The van der Waals surface area contributed by atoms with Gasteiger partial charge in [-0.05, 0) is 33.1 Å². The van der Waals surface area contributed by atoms with Gasteiger partial charge in [0.2, 0.25) is 5.91 Å². The summed E-state index contributed by atoms with van der Waals surface area (Å²) in [5, 5.41) is 9.79. The van der Waals surface area contributed by atoms with Crippen LogP contribution in [0.25, 0.3) is 0 Å². The second-order valence-electron chi connectivity index (χ2n) is 4.53. The van der Waals surface area contributed by atoms with Crippen LogP contribution < -0.4 is 5.32 Å². The first-order valence-electron chi connectivity index (χ1n) is 6.10. The first kappa shape index (κ1) is 12.1. The predicted molar refractivity (Wildman–Crippen MR) is 64.9 cm³/mol. The number of aromatic amines is 1. The molecule has 2 heterocycles. The number of ether oxygens (including phenoxy) is 1. The normalized spacial score (nSPS) is 19.5. The first-order chi connectivity index (χ1) is 8.16. The number of nitrogens with zero attached hydrogens (tertiary/aromatic N) is 1. The Morgan fingerprint density at radius 3 is 3.00 bits per heavy atom. The van der Waals surface area contributed by atoms with Crippen molar-refractivity contribution in [2.45, 2.75) is 45.6 Å². The van der Waals surface area contributed by atoms with Gasteiger partial charge in [0.05, 0.1) is 23.2 Å². The summed E-state index contributed by atoms with van der Waals surface area (Å²) >= 11 is 0. The molecule has 1 unspecified atom stereocenters. The molecule has 1 aromatic rings. The Kier molecular flexibility index (Phi) is 3.78. The van der Waals surface area contributed by atoms with E-state index in [-0.39, 0.29) is 12.0 Å². The Labute approximate surface area is 101 Å². The Morgan fingerprint density at radius 2 is 2.41 bits per heavy atom. The topological polar surface area (TPSA) is 67.0 Å². The quantitative estimate of drug-likeness (QED) is 0.840. The third-order valence-electron chi connectivity index (χ3n) is 3.11. The summed E-state index contributed by atoms with van der Waals surface area (Å²) in [4.78, 5) is 11.8. The van der Waals surface area contributed by atoms with Crippen molar-refractivity contribution >= 4 is 11.6 Å². The number of nitrogens with one attached hydrogen (secondary N) is 2. The highest BCUT2D eigenvalue weighted by atomic mass is 16.5. The molecule has 1 atom stereocenters. The molecule has 1 aromatic heterocycles. The maximum Gasteiger partial charge on any atom is 0.224 e. The molecule has 1 aliphatic rings. The van der Waals surface area contributed by atoms with Gasteiger partial charge in [-0.25, -0.2) is 0 Å². The van der Waals surface area contributed by atoms with Crippen LogP contribution in [0.1, 0.15) is 37.1 Å². The minimum atomic E-state index is 0.0353. The van der Waals surface area contributed by atoms with Crippen molar-refractivity contribution in [2.24, 2.45) is 0 Å². The van der Waals surface area contributed by atoms with E-state index in [0.29, 0.717) is 6.42 Å². The predicted octanol–water partition coefficient (Wildman–Crippen LogP) is 1.92. The minimum absolute atomic E-state index is 0.0353. The number of anilines is 1. The Morgan fingerprint density at radius 1 is 1.59 bits per heavy atom. The Bertz CT molecular complexity index is 375. The number of hydrogen-bond acceptors (Lipinski definition) is 3. The SMILES string of the molecule is Cc1n[nH]c(C)c1NC(=O)CCC1CCCO1. The summed E-state index contributed by atoms with van der Waals surface area (Å²) in [7, 11) is 0. The molecule has 5 heteroatoms. The largest absolute Gasteiger partial charge is 0.378 e. The second kappa shape index (κ2) is 5.31. The fourth-order valence-corrected chi connectivity index (χ4v) is 2.10. The van der Waals surface area contributed by atoms with E-state index in [1.165, 1.54) is 0 Å². The third-order valence-corrected chi connectivity index (χ3v) is 3.11. The van der Waals surface area contributed by atoms with Gasteiger partial charge in [0.1, 0.15) is 0 Å². The highest BCUT2D eigenvalue weighted by Crippen LogP contribution is 2.19. The molecule has 0 bridgehead atoms. The zero-order valence-electron chi connectivity index (χ0n) is 10.4. The van der Waals surface area contributed by atoms with Crippen LogP contribution in [-0.2, 0) is 9.53 Å². The number of aromatic nitrogens is 2. The number of H-pyrrole nitrogens is 1. The average molecular weight is 237 g/mol. The van der Waals surface area contributed by atoms with Gasteiger partial charge in [0.15, 0.2) is 0 Å². The maximum absolute atomic E-state index is 11.8. The summed E-state index contributed by atoms with van der Waals surface area (Å²) in [5.41, 5.74) is 2.53. The van der Waals surface area contributed by atoms with Crippen LogP contribution in [0.5, 0.6) is 0 Å². The number of carbonyl (C=O) groups is 1. The average Bonchev–Trinajstić information content (AvgIpc) is 2.91. The lowest BCUT2D eigenvalue weighted by Gasteiger charge is -2.09. The molecule has 0 saturated carbocycles. The third kappa shape index (κ3) is 3.06. The maximum atomic E-state index is 11.8. The molecule has 1 amide bonds. The fraction of sp³-hybridized carbons (Fsp3) is 0.667. The Hall–Kier alpha value is -1.36. The highest BCUT2D eigenvalue weighted by molar-refractivity contribution is 5.91. The van der Waals surface area contributed by atoms with E-state index in [0.717, 1.165) is 42.9 Å². The molecular formula is C12H19N3O2. The smallest absolute Gasteiger partial charge is 0.224 e. The number of rotatable bonds is 4. The highest BCUT2D eigenvalue weighted by Gasteiger charge is 2.17. The molecule has 17 heavy (non-hydrogen) atoms. The molecule has 0 aliphatic carbocycles. The van der Waals surface area contributed by atoms with Gasteiger partial charge in [-0.3, -0.25) is 9.89 Å². The molecule has 1 saturated heterocycles. The van der Waals surface area contributed by atoms with Crippen molar-refractivity contribution in [3.8, 4) is 0 Å². The molecule has 0 radical (unpaired) electrons. The Balaban J connectivity index is 1.80. The molecule has 0 aromatic carbocycles. The summed E-state index contributed by atoms with van der Waals surface area (Å²) in [6.45, 7) is 4.61. The van der Waals surface area contributed by atoms with Crippen LogP contribution in [0.2, 0.25) is 0 Å². The fourth-order valence-electron chi connectivity index (χ4n) is 2.10. The minimum Gasteiger partial charge on any atom is -0.378 e. The van der Waals surface area contributed by atoms with Gasteiger partial charge in [-0.2, -0.15) is 5.10 Å². The molecule has 2 N–H and O–H groups in total. The van der Waals surface area contributed by atoms with E-state index in [1.807, 2.05) is 13.8 Å². The van der Waals surface area contributed by atoms with Crippen LogP contribution in [-0.4, -0.2) is 28.8 Å². The molecule has 2 rings (SSSR count). The van der Waals surface area contributed by atoms with Crippen LogP contribution in [0, 0.1) is 13.8 Å². The van der Waals surface area contributed by atoms with E-state index >= 15 is 0 Å². The van der Waals surface area contributed by atoms with E-state index in [9.17, 15) is 4.79 Å². The van der Waals surface area contributed by atoms with E-state index in [2.05, 4.69) is 15.5 Å². The molecular weight excluding hydrogens is 218 g/mol. The monoisotopic (exact) mass is 237 g/mol. The van der Waals surface area contributed by atoms with Crippen LogP contribution in [0.3, 0.4) is 0 Å². The lowest BCUT2D eigenvalue weighted by molar-refractivity contribution is -0.116. The number of aryl methyl sites for hydroxylation is 2. The molecule has 0 spiro atoms. The van der Waals surface area contributed by atoms with E-state index in [4.69, 9.17) is 4.74 Å². The number of carbonyl (C=O) groups excluding carboxylic acids is 1. The summed E-state index contributed by atoms with van der Waals surface area (Å²) in [6, 6.07) is 0. The van der Waals surface area contributed by atoms with Gasteiger partial charge in [0, 0.05) is 13.0 Å². The molecule has 5 nitrogen and oxygen atoms in total. The van der Waals surface area contributed by atoms with Crippen molar-refractivity contribution in [3.05, 3.63) is 11.4 Å². The molecule has 94 valence electrons. The molecule has 1 aliphatic heterocycles. The standard InChI is InChI=1S/C12H19N3O2/c1-8-12(9(2)15-14-8)13-11(16)6-5-10-4-3-7-17-10/h10H,3-7H2,1-2H3,(H,13,16)(H,14,15). The van der Waals surface area contributed by atoms with Crippen LogP contribution in [0.15, 0.2) is 0 Å². The number of hydrogen-bond donors (Lipinski definition) is 2. The molecule has 1 fully saturated rings. The van der Waals surface area contributed by atoms with Crippen LogP contribution in [0.4, 0.5) is 5.69 Å². The summed E-state index contributed by atoms with van der Waals surface area (Å²) in [5.74, 6) is 0.0353. The van der Waals surface area contributed by atoms with Crippen molar-refractivity contribution < 1.29 is 9.53 Å².